The summed E-state index contributed by atoms with van der Waals surface area (Å²) in [6.45, 7) is 3.90. The highest BCUT2D eigenvalue weighted by Crippen LogP contribution is 2.38. The minimum absolute atomic E-state index is 0.0470. The molecule has 2 fully saturated rings. The third kappa shape index (κ3) is 2.69. The zero-order valence-electron chi connectivity index (χ0n) is 13.0. The summed E-state index contributed by atoms with van der Waals surface area (Å²) < 4.78 is 4.80. The molecule has 1 saturated carbocycles. The van der Waals surface area contributed by atoms with E-state index >= 15 is 0 Å². The van der Waals surface area contributed by atoms with E-state index in [1.165, 1.54) is 12.0 Å². The first-order chi connectivity index (χ1) is 9.72. The average Bonchev–Trinajstić information content (AvgIpc) is 2.87. The van der Waals surface area contributed by atoms with Crippen molar-refractivity contribution in [1.29, 1.82) is 0 Å². The van der Waals surface area contributed by atoms with E-state index < -0.39 is 16.9 Å². The quantitative estimate of drug-likeness (QED) is 0.613. The van der Waals surface area contributed by atoms with E-state index in [0.29, 0.717) is 19.4 Å². The standard InChI is InChI=1S/C15H24N2O4/c1-14(2)9-11(18)17(12(14)19)8-6-10-5-4-7-15(10,16)13(20)21-3/h10H,4-9,16H2,1-3H3. The number of nitrogens with zero attached hydrogens (tertiary/aromatic N) is 1. The summed E-state index contributed by atoms with van der Waals surface area (Å²) in [5.74, 6) is -0.714. The van der Waals surface area contributed by atoms with Crippen molar-refractivity contribution < 1.29 is 19.1 Å². The SMILES string of the molecule is COC(=O)C1(N)CCCC1CCN1C(=O)CC(C)(C)C1=O. The first kappa shape index (κ1) is 15.9. The maximum absolute atomic E-state index is 12.2. The van der Waals surface area contributed by atoms with E-state index in [9.17, 15) is 14.4 Å². The van der Waals surface area contributed by atoms with Gasteiger partial charge in [0.1, 0.15) is 5.54 Å². The summed E-state index contributed by atoms with van der Waals surface area (Å²) in [4.78, 5) is 37.3. The van der Waals surface area contributed by atoms with Crippen LogP contribution in [0.25, 0.3) is 0 Å². The van der Waals surface area contributed by atoms with Gasteiger partial charge in [0, 0.05) is 13.0 Å². The van der Waals surface area contributed by atoms with Crippen molar-refractivity contribution >= 4 is 17.8 Å². The zero-order chi connectivity index (χ0) is 15.8. The van der Waals surface area contributed by atoms with Crippen LogP contribution in [0.15, 0.2) is 0 Å². The molecule has 0 spiro atoms. The van der Waals surface area contributed by atoms with Gasteiger partial charge in [0.2, 0.25) is 11.8 Å². The van der Waals surface area contributed by atoms with E-state index in [4.69, 9.17) is 10.5 Å². The van der Waals surface area contributed by atoms with Crippen LogP contribution < -0.4 is 5.73 Å². The number of carbonyl (C=O) groups is 3. The van der Waals surface area contributed by atoms with Crippen LogP contribution in [-0.4, -0.2) is 41.9 Å². The van der Waals surface area contributed by atoms with Crippen LogP contribution in [0.4, 0.5) is 0 Å². The maximum Gasteiger partial charge on any atom is 0.326 e. The van der Waals surface area contributed by atoms with Crippen molar-refractivity contribution in [2.75, 3.05) is 13.7 Å². The molecule has 1 aliphatic carbocycles. The molecule has 2 aliphatic rings. The summed E-state index contributed by atoms with van der Waals surface area (Å²) in [5.41, 5.74) is 4.61. The maximum atomic E-state index is 12.2. The molecule has 0 aromatic rings. The molecule has 21 heavy (non-hydrogen) atoms. The highest BCUT2D eigenvalue weighted by molar-refractivity contribution is 6.05. The average molecular weight is 296 g/mol. The third-order valence-electron chi connectivity index (χ3n) is 4.86. The third-order valence-corrected chi connectivity index (χ3v) is 4.86. The Kier molecular flexibility index (Phi) is 4.10. The highest BCUT2D eigenvalue weighted by atomic mass is 16.5. The minimum Gasteiger partial charge on any atom is -0.468 e. The first-order valence-corrected chi connectivity index (χ1v) is 7.44. The molecule has 1 heterocycles. The van der Waals surface area contributed by atoms with E-state index in [-0.39, 0.29) is 24.2 Å². The molecule has 2 rings (SSSR count). The van der Waals surface area contributed by atoms with Crippen LogP contribution >= 0.6 is 0 Å². The summed E-state index contributed by atoms with van der Waals surface area (Å²) in [5, 5.41) is 0. The minimum atomic E-state index is -0.976. The van der Waals surface area contributed by atoms with Gasteiger partial charge in [-0.3, -0.25) is 19.3 Å². The number of hydrogen-bond donors (Lipinski definition) is 1. The fourth-order valence-electron chi connectivity index (χ4n) is 3.50. The van der Waals surface area contributed by atoms with Gasteiger partial charge in [0.05, 0.1) is 12.5 Å². The van der Waals surface area contributed by atoms with Crippen molar-refractivity contribution in [2.24, 2.45) is 17.1 Å². The summed E-state index contributed by atoms with van der Waals surface area (Å²) in [7, 11) is 1.34. The molecule has 6 nitrogen and oxygen atoms in total. The van der Waals surface area contributed by atoms with Crippen molar-refractivity contribution in [3.05, 3.63) is 0 Å². The Hall–Kier alpha value is -1.43. The fraction of sp³-hybridized carbons (Fsp3) is 0.800. The lowest BCUT2D eigenvalue weighted by Gasteiger charge is -2.29. The van der Waals surface area contributed by atoms with Gasteiger partial charge in [0.15, 0.2) is 0 Å². The molecule has 0 radical (unpaired) electrons. The van der Waals surface area contributed by atoms with Crippen LogP contribution in [0.1, 0.15) is 46.0 Å². The first-order valence-electron chi connectivity index (χ1n) is 7.44. The molecule has 0 bridgehead atoms. The van der Waals surface area contributed by atoms with Gasteiger partial charge in [-0.15, -0.1) is 0 Å². The number of nitrogens with two attached hydrogens (primary N) is 1. The molecule has 0 aromatic carbocycles. The van der Waals surface area contributed by atoms with Gasteiger partial charge in [0.25, 0.3) is 0 Å². The number of amides is 2. The van der Waals surface area contributed by atoms with Crippen LogP contribution in [-0.2, 0) is 19.1 Å². The molecule has 6 heteroatoms. The molecule has 0 aromatic heterocycles. The van der Waals surface area contributed by atoms with Crippen molar-refractivity contribution in [3.8, 4) is 0 Å². The van der Waals surface area contributed by atoms with Gasteiger partial charge in [-0.1, -0.05) is 20.3 Å². The molecular formula is C15H24N2O4. The van der Waals surface area contributed by atoms with Crippen LogP contribution in [0.3, 0.4) is 0 Å². The number of carbonyl (C=O) groups excluding carboxylic acids is 3. The van der Waals surface area contributed by atoms with Crippen LogP contribution in [0.2, 0.25) is 0 Å². The second kappa shape index (κ2) is 5.40. The normalized spacial score (nSPS) is 31.8. The number of likely N-dealkylation sites (tertiary alicyclic amines) is 1. The topological polar surface area (TPSA) is 89.7 Å². The largest absolute Gasteiger partial charge is 0.468 e. The lowest BCUT2D eigenvalue weighted by atomic mass is 9.85. The molecule has 2 atom stereocenters. The van der Waals surface area contributed by atoms with E-state index in [2.05, 4.69) is 0 Å². The Bertz CT molecular complexity index is 474. The number of rotatable bonds is 4. The highest BCUT2D eigenvalue weighted by Gasteiger charge is 2.48. The Morgan fingerprint density at radius 2 is 2.10 bits per heavy atom. The van der Waals surface area contributed by atoms with Gasteiger partial charge in [-0.25, -0.2) is 0 Å². The number of ether oxygens (including phenoxy) is 1. The van der Waals surface area contributed by atoms with Gasteiger partial charge < -0.3 is 10.5 Å². The molecule has 2 N–H and O–H groups in total. The molecule has 118 valence electrons. The molecule has 1 saturated heterocycles. The van der Waals surface area contributed by atoms with Crippen molar-refractivity contribution in [1.82, 2.24) is 4.90 Å². The summed E-state index contributed by atoms with van der Waals surface area (Å²) in [6, 6.07) is 0. The molecule has 1 aliphatic heterocycles. The molecular weight excluding hydrogens is 272 g/mol. The van der Waals surface area contributed by atoms with Crippen LogP contribution in [0.5, 0.6) is 0 Å². The lowest BCUT2D eigenvalue weighted by Crippen LogP contribution is -2.52. The van der Waals surface area contributed by atoms with Crippen molar-refractivity contribution in [2.45, 2.75) is 51.5 Å². The zero-order valence-corrected chi connectivity index (χ0v) is 13.0. The van der Waals surface area contributed by atoms with Gasteiger partial charge >= 0.3 is 5.97 Å². The van der Waals surface area contributed by atoms with E-state index in [1.807, 2.05) is 0 Å². The smallest absolute Gasteiger partial charge is 0.326 e. The van der Waals surface area contributed by atoms with E-state index in [0.717, 1.165) is 12.8 Å². The number of hydrogen-bond acceptors (Lipinski definition) is 5. The van der Waals surface area contributed by atoms with Crippen molar-refractivity contribution in [3.63, 3.8) is 0 Å². The second-order valence-electron chi connectivity index (χ2n) is 6.82. The van der Waals surface area contributed by atoms with Gasteiger partial charge in [-0.05, 0) is 25.2 Å². The Labute approximate surface area is 125 Å². The number of methoxy groups -OCH3 is 1. The molecule has 2 amide bonds. The summed E-state index contributed by atoms with van der Waals surface area (Å²) >= 11 is 0. The molecule has 2 unspecified atom stereocenters. The number of imide groups is 1. The Morgan fingerprint density at radius 1 is 1.43 bits per heavy atom. The monoisotopic (exact) mass is 296 g/mol. The fourth-order valence-corrected chi connectivity index (χ4v) is 3.50. The predicted octanol–water partition coefficient (Wildman–Crippen LogP) is 0.832. The van der Waals surface area contributed by atoms with E-state index in [1.54, 1.807) is 13.8 Å². The predicted molar refractivity (Wildman–Crippen MR) is 76.0 cm³/mol. The van der Waals surface area contributed by atoms with Crippen LogP contribution in [0, 0.1) is 11.3 Å². The number of esters is 1. The Balaban J connectivity index is 2.02. The van der Waals surface area contributed by atoms with Gasteiger partial charge in [-0.2, -0.15) is 0 Å². The summed E-state index contributed by atoms with van der Waals surface area (Å²) in [6.07, 6.45) is 3.09. The second-order valence-corrected chi connectivity index (χ2v) is 6.82. The Morgan fingerprint density at radius 3 is 2.62 bits per heavy atom. The lowest BCUT2D eigenvalue weighted by molar-refractivity contribution is -0.148.